The fourth-order valence-electron chi connectivity index (χ4n) is 0.923. The lowest BCUT2D eigenvalue weighted by Crippen LogP contribution is -2.30. The third kappa shape index (κ3) is 4.76. The highest BCUT2D eigenvalue weighted by Crippen LogP contribution is 1.99. The van der Waals surface area contributed by atoms with Gasteiger partial charge in [0.25, 0.3) is 10.2 Å². The Morgan fingerprint density at radius 1 is 1.29 bits per heavy atom. The number of benzene rings is 1. The zero-order valence-corrected chi connectivity index (χ0v) is 8.37. The average molecular weight is 212 g/mol. The molecular weight excluding hydrogens is 200 g/mol. The third-order valence-electron chi connectivity index (χ3n) is 1.51. The lowest BCUT2D eigenvalue weighted by atomic mass is 10.2. The van der Waals surface area contributed by atoms with E-state index in [2.05, 4.69) is 4.72 Å². The van der Waals surface area contributed by atoms with Gasteiger partial charge in [-0.2, -0.15) is 13.1 Å². The lowest BCUT2D eigenvalue weighted by Gasteiger charge is -1.95. The van der Waals surface area contributed by atoms with Crippen molar-refractivity contribution < 1.29 is 8.42 Å². The van der Waals surface area contributed by atoms with Crippen molar-refractivity contribution in [2.45, 2.75) is 0 Å². The zero-order chi connectivity index (χ0) is 10.4. The summed E-state index contributed by atoms with van der Waals surface area (Å²) in [6.45, 7) is 0.202. The number of nitrogens with two attached hydrogens (primary N) is 1. The SMILES string of the molecule is NS(=O)(=O)NCC=Cc1ccccc1. The Hall–Kier alpha value is -1.17. The Balaban J connectivity index is 2.43. The highest BCUT2D eigenvalue weighted by Gasteiger charge is 1.95. The molecule has 3 N–H and O–H groups in total. The molecule has 0 radical (unpaired) electrons. The third-order valence-corrected chi connectivity index (χ3v) is 2.08. The monoisotopic (exact) mass is 212 g/mol. The van der Waals surface area contributed by atoms with Crippen molar-refractivity contribution in [3.05, 3.63) is 42.0 Å². The predicted molar refractivity (Wildman–Crippen MR) is 56.6 cm³/mol. The number of nitrogens with one attached hydrogen (secondary N) is 1. The maximum absolute atomic E-state index is 10.5. The predicted octanol–water partition coefficient (Wildman–Crippen LogP) is 0.493. The molecule has 0 heterocycles. The molecule has 0 fully saturated rings. The first-order valence-corrected chi connectivity index (χ1v) is 5.61. The topological polar surface area (TPSA) is 72.2 Å². The minimum absolute atomic E-state index is 0.202. The van der Waals surface area contributed by atoms with E-state index in [4.69, 9.17) is 5.14 Å². The Kier molecular flexibility index (Phi) is 3.82. The van der Waals surface area contributed by atoms with Gasteiger partial charge < -0.3 is 0 Å². The van der Waals surface area contributed by atoms with Crippen LogP contribution in [0.15, 0.2) is 36.4 Å². The molecule has 0 atom stereocenters. The molecule has 0 aliphatic carbocycles. The summed E-state index contributed by atoms with van der Waals surface area (Å²) in [6.07, 6.45) is 3.51. The van der Waals surface area contributed by atoms with Gasteiger partial charge in [0, 0.05) is 6.54 Å². The van der Waals surface area contributed by atoms with Gasteiger partial charge >= 0.3 is 0 Å². The molecule has 5 heteroatoms. The van der Waals surface area contributed by atoms with E-state index in [1.165, 1.54) is 0 Å². The minimum atomic E-state index is -3.58. The molecule has 0 saturated heterocycles. The molecule has 14 heavy (non-hydrogen) atoms. The van der Waals surface area contributed by atoms with Crippen molar-refractivity contribution in [1.82, 2.24) is 4.72 Å². The van der Waals surface area contributed by atoms with Gasteiger partial charge in [0.1, 0.15) is 0 Å². The molecular formula is C9H12N2O2S. The molecule has 1 rings (SSSR count). The van der Waals surface area contributed by atoms with Crippen molar-refractivity contribution >= 4 is 16.3 Å². The number of hydrogen-bond donors (Lipinski definition) is 2. The maximum atomic E-state index is 10.5. The fourth-order valence-corrected chi connectivity index (χ4v) is 1.25. The normalized spacial score (nSPS) is 12.1. The van der Waals surface area contributed by atoms with Gasteiger partial charge in [-0.1, -0.05) is 42.5 Å². The standard InChI is InChI=1S/C9H12N2O2S/c10-14(12,13)11-8-4-7-9-5-2-1-3-6-9/h1-7,11H,8H2,(H2,10,12,13). The summed E-state index contributed by atoms with van der Waals surface area (Å²) < 4.78 is 23.1. The molecule has 0 bridgehead atoms. The van der Waals surface area contributed by atoms with Crippen LogP contribution in [0.25, 0.3) is 6.08 Å². The Bertz CT molecular complexity index is 398. The molecule has 0 aromatic heterocycles. The van der Waals surface area contributed by atoms with Gasteiger partial charge in [-0.25, -0.2) is 5.14 Å². The first-order chi connectivity index (χ1) is 6.58. The van der Waals surface area contributed by atoms with Crippen molar-refractivity contribution in [1.29, 1.82) is 0 Å². The number of hydrogen-bond acceptors (Lipinski definition) is 2. The second-order valence-corrected chi connectivity index (χ2v) is 4.09. The second kappa shape index (κ2) is 4.90. The molecule has 1 aromatic carbocycles. The van der Waals surface area contributed by atoms with E-state index < -0.39 is 10.2 Å². The maximum Gasteiger partial charge on any atom is 0.274 e. The van der Waals surface area contributed by atoms with E-state index in [0.717, 1.165) is 5.56 Å². The van der Waals surface area contributed by atoms with Crippen LogP contribution in [-0.2, 0) is 10.2 Å². The van der Waals surface area contributed by atoms with Gasteiger partial charge in [0.15, 0.2) is 0 Å². The van der Waals surface area contributed by atoms with E-state index in [1.54, 1.807) is 6.08 Å². The van der Waals surface area contributed by atoms with Crippen molar-refractivity contribution in [2.75, 3.05) is 6.54 Å². The van der Waals surface area contributed by atoms with Crippen molar-refractivity contribution in [3.63, 3.8) is 0 Å². The van der Waals surface area contributed by atoms with Crippen LogP contribution in [0.1, 0.15) is 5.56 Å². The quantitative estimate of drug-likeness (QED) is 0.762. The summed E-state index contributed by atoms with van der Waals surface area (Å²) in [5, 5.41) is 4.74. The molecule has 0 amide bonds. The smallest absolute Gasteiger partial charge is 0.216 e. The van der Waals surface area contributed by atoms with E-state index in [0.29, 0.717) is 0 Å². The molecule has 4 nitrogen and oxygen atoms in total. The van der Waals surface area contributed by atoms with Crippen LogP contribution in [0.5, 0.6) is 0 Å². The van der Waals surface area contributed by atoms with E-state index >= 15 is 0 Å². The zero-order valence-electron chi connectivity index (χ0n) is 7.55. The van der Waals surface area contributed by atoms with Crippen LogP contribution in [0.2, 0.25) is 0 Å². The van der Waals surface area contributed by atoms with Crippen LogP contribution < -0.4 is 9.86 Å². The largest absolute Gasteiger partial charge is 0.274 e. The molecule has 0 aliphatic heterocycles. The highest BCUT2D eigenvalue weighted by molar-refractivity contribution is 7.87. The summed E-state index contributed by atoms with van der Waals surface area (Å²) in [5.41, 5.74) is 1.02. The summed E-state index contributed by atoms with van der Waals surface area (Å²) in [4.78, 5) is 0. The second-order valence-electron chi connectivity index (χ2n) is 2.71. The minimum Gasteiger partial charge on any atom is -0.216 e. The van der Waals surface area contributed by atoms with Crippen LogP contribution in [0.4, 0.5) is 0 Å². The first-order valence-electron chi connectivity index (χ1n) is 4.07. The molecule has 0 unspecified atom stereocenters. The van der Waals surface area contributed by atoms with Crippen LogP contribution >= 0.6 is 0 Å². The van der Waals surface area contributed by atoms with Gasteiger partial charge in [-0.3, -0.25) is 0 Å². The Morgan fingerprint density at radius 2 is 1.93 bits per heavy atom. The fraction of sp³-hybridized carbons (Fsp3) is 0.111. The molecule has 0 spiro atoms. The van der Waals surface area contributed by atoms with Crippen molar-refractivity contribution in [3.8, 4) is 0 Å². The Labute approximate surface area is 83.6 Å². The Morgan fingerprint density at radius 3 is 2.50 bits per heavy atom. The van der Waals surface area contributed by atoms with Crippen LogP contribution in [0.3, 0.4) is 0 Å². The van der Waals surface area contributed by atoms with Crippen LogP contribution in [-0.4, -0.2) is 15.0 Å². The van der Waals surface area contributed by atoms with Gasteiger partial charge in [0.2, 0.25) is 0 Å². The van der Waals surface area contributed by atoms with E-state index in [1.807, 2.05) is 36.4 Å². The molecule has 0 aliphatic rings. The first kappa shape index (κ1) is 10.9. The molecule has 0 saturated carbocycles. The summed E-state index contributed by atoms with van der Waals surface area (Å²) in [7, 11) is -3.58. The average Bonchev–Trinajstić information content (AvgIpc) is 2.13. The van der Waals surface area contributed by atoms with Crippen LogP contribution in [0, 0.1) is 0 Å². The van der Waals surface area contributed by atoms with E-state index in [9.17, 15) is 8.42 Å². The molecule has 76 valence electrons. The summed E-state index contributed by atoms with van der Waals surface area (Å²) >= 11 is 0. The molecule has 1 aromatic rings. The van der Waals surface area contributed by atoms with Gasteiger partial charge in [-0.05, 0) is 5.56 Å². The number of rotatable bonds is 4. The summed E-state index contributed by atoms with van der Waals surface area (Å²) in [5.74, 6) is 0. The van der Waals surface area contributed by atoms with Gasteiger partial charge in [-0.15, -0.1) is 0 Å². The highest BCUT2D eigenvalue weighted by atomic mass is 32.2. The van der Waals surface area contributed by atoms with Crippen molar-refractivity contribution in [2.24, 2.45) is 5.14 Å². The lowest BCUT2D eigenvalue weighted by molar-refractivity contribution is 0.587. The van der Waals surface area contributed by atoms with Gasteiger partial charge in [0.05, 0.1) is 0 Å². The van der Waals surface area contributed by atoms with E-state index in [-0.39, 0.29) is 6.54 Å². The summed E-state index contributed by atoms with van der Waals surface area (Å²) in [6, 6.07) is 9.58.